The van der Waals surface area contributed by atoms with Gasteiger partial charge < -0.3 is 15.0 Å². The second-order valence-corrected chi connectivity index (χ2v) is 5.14. The molecule has 1 atom stereocenters. The number of rotatable bonds is 4. The molecule has 3 heteroatoms. The molecule has 0 saturated carbocycles. The van der Waals surface area contributed by atoms with Crippen LogP contribution in [0.2, 0.25) is 0 Å². The third-order valence-corrected chi connectivity index (χ3v) is 3.62. The van der Waals surface area contributed by atoms with Crippen molar-refractivity contribution in [2.45, 2.75) is 19.3 Å². The van der Waals surface area contributed by atoms with Crippen LogP contribution in [-0.4, -0.2) is 51.3 Å². The van der Waals surface area contributed by atoms with Crippen molar-refractivity contribution in [3.05, 3.63) is 0 Å². The predicted octanol–water partition coefficient (Wildman–Crippen LogP) is 0.954. The summed E-state index contributed by atoms with van der Waals surface area (Å²) in [5.41, 5.74) is 0. The van der Waals surface area contributed by atoms with Gasteiger partial charge in [0.15, 0.2) is 0 Å². The SMILES string of the molecule is CN(CC1CCNCC1)CC1CCOC1. The molecule has 3 nitrogen and oxygen atoms in total. The maximum absolute atomic E-state index is 5.41. The van der Waals surface area contributed by atoms with Gasteiger partial charge in [0.1, 0.15) is 0 Å². The Morgan fingerprint density at radius 3 is 2.53 bits per heavy atom. The molecule has 88 valence electrons. The van der Waals surface area contributed by atoms with Crippen molar-refractivity contribution >= 4 is 0 Å². The summed E-state index contributed by atoms with van der Waals surface area (Å²) >= 11 is 0. The second-order valence-electron chi connectivity index (χ2n) is 5.14. The van der Waals surface area contributed by atoms with Gasteiger partial charge in [0.25, 0.3) is 0 Å². The quantitative estimate of drug-likeness (QED) is 0.751. The smallest absolute Gasteiger partial charge is 0.0507 e. The van der Waals surface area contributed by atoms with E-state index in [1.165, 1.54) is 45.4 Å². The first-order chi connectivity index (χ1) is 7.34. The number of hydrogen-bond acceptors (Lipinski definition) is 3. The minimum Gasteiger partial charge on any atom is -0.381 e. The molecule has 2 rings (SSSR count). The summed E-state index contributed by atoms with van der Waals surface area (Å²) in [5, 5.41) is 3.42. The summed E-state index contributed by atoms with van der Waals surface area (Å²) in [4.78, 5) is 2.51. The number of nitrogens with zero attached hydrogens (tertiary/aromatic N) is 1. The number of ether oxygens (including phenoxy) is 1. The van der Waals surface area contributed by atoms with E-state index in [4.69, 9.17) is 4.74 Å². The maximum atomic E-state index is 5.41. The summed E-state index contributed by atoms with van der Waals surface area (Å²) in [7, 11) is 2.26. The van der Waals surface area contributed by atoms with Crippen molar-refractivity contribution in [1.29, 1.82) is 0 Å². The third kappa shape index (κ3) is 3.74. The molecule has 2 aliphatic rings. The summed E-state index contributed by atoms with van der Waals surface area (Å²) < 4.78 is 5.41. The minimum atomic E-state index is 0.789. The Bertz CT molecular complexity index is 174. The summed E-state index contributed by atoms with van der Waals surface area (Å²) in [6, 6.07) is 0. The van der Waals surface area contributed by atoms with Crippen LogP contribution in [-0.2, 0) is 4.74 Å². The Morgan fingerprint density at radius 2 is 1.87 bits per heavy atom. The van der Waals surface area contributed by atoms with E-state index in [0.717, 1.165) is 25.0 Å². The van der Waals surface area contributed by atoms with Crippen molar-refractivity contribution in [1.82, 2.24) is 10.2 Å². The van der Waals surface area contributed by atoms with Crippen molar-refractivity contribution in [2.75, 3.05) is 46.4 Å². The normalized spacial score (nSPS) is 28.8. The summed E-state index contributed by atoms with van der Waals surface area (Å²) in [6.45, 7) is 6.89. The van der Waals surface area contributed by atoms with Gasteiger partial charge in [-0.2, -0.15) is 0 Å². The Balaban J connectivity index is 1.64. The molecule has 2 saturated heterocycles. The van der Waals surface area contributed by atoms with Crippen molar-refractivity contribution < 1.29 is 4.74 Å². The zero-order valence-electron chi connectivity index (χ0n) is 9.87. The van der Waals surface area contributed by atoms with Crippen LogP contribution in [0.1, 0.15) is 19.3 Å². The van der Waals surface area contributed by atoms with Crippen LogP contribution in [0.5, 0.6) is 0 Å². The molecule has 0 spiro atoms. The molecule has 1 unspecified atom stereocenters. The molecule has 0 aromatic carbocycles. The van der Waals surface area contributed by atoms with Crippen LogP contribution in [0.4, 0.5) is 0 Å². The first-order valence-electron chi connectivity index (χ1n) is 6.31. The summed E-state index contributed by atoms with van der Waals surface area (Å²) in [6.07, 6.45) is 3.97. The molecule has 0 aromatic heterocycles. The average molecular weight is 212 g/mol. The van der Waals surface area contributed by atoms with E-state index in [1.807, 2.05) is 0 Å². The van der Waals surface area contributed by atoms with E-state index in [0.29, 0.717) is 0 Å². The van der Waals surface area contributed by atoms with Crippen LogP contribution < -0.4 is 5.32 Å². The monoisotopic (exact) mass is 212 g/mol. The van der Waals surface area contributed by atoms with Gasteiger partial charge in [0.2, 0.25) is 0 Å². The second kappa shape index (κ2) is 5.83. The molecule has 0 radical (unpaired) electrons. The number of hydrogen-bond donors (Lipinski definition) is 1. The Kier molecular flexibility index (Phi) is 4.42. The van der Waals surface area contributed by atoms with E-state index in [-0.39, 0.29) is 0 Å². The molecule has 2 aliphatic heterocycles. The predicted molar refractivity (Wildman–Crippen MR) is 62.0 cm³/mol. The fourth-order valence-electron chi connectivity index (χ4n) is 2.75. The van der Waals surface area contributed by atoms with Crippen molar-refractivity contribution in [3.8, 4) is 0 Å². The van der Waals surface area contributed by atoms with Gasteiger partial charge in [-0.15, -0.1) is 0 Å². The molecule has 2 heterocycles. The lowest BCUT2D eigenvalue weighted by molar-refractivity contribution is 0.165. The van der Waals surface area contributed by atoms with Crippen LogP contribution in [0.15, 0.2) is 0 Å². The standard InChI is InChI=1S/C12H24N2O/c1-14(9-12-4-7-15-10-12)8-11-2-5-13-6-3-11/h11-13H,2-10H2,1H3. The third-order valence-electron chi connectivity index (χ3n) is 3.62. The van der Waals surface area contributed by atoms with Gasteiger partial charge in [0.05, 0.1) is 6.61 Å². The molecule has 2 fully saturated rings. The van der Waals surface area contributed by atoms with Crippen molar-refractivity contribution in [3.63, 3.8) is 0 Å². The fourth-order valence-corrected chi connectivity index (χ4v) is 2.75. The molecule has 0 bridgehead atoms. The molecule has 15 heavy (non-hydrogen) atoms. The summed E-state index contributed by atoms with van der Waals surface area (Å²) in [5.74, 6) is 1.70. The Labute approximate surface area is 93.2 Å². The van der Waals surface area contributed by atoms with Gasteiger partial charge in [0, 0.05) is 19.7 Å². The Morgan fingerprint density at radius 1 is 1.13 bits per heavy atom. The van der Waals surface area contributed by atoms with Crippen LogP contribution in [0, 0.1) is 11.8 Å². The van der Waals surface area contributed by atoms with Crippen molar-refractivity contribution in [2.24, 2.45) is 11.8 Å². The molecule has 1 N–H and O–H groups in total. The highest BCUT2D eigenvalue weighted by molar-refractivity contribution is 4.73. The first kappa shape index (κ1) is 11.4. The zero-order valence-corrected chi connectivity index (χ0v) is 9.87. The zero-order chi connectivity index (χ0) is 10.5. The van der Waals surface area contributed by atoms with E-state index in [9.17, 15) is 0 Å². The highest BCUT2D eigenvalue weighted by Gasteiger charge is 2.20. The van der Waals surface area contributed by atoms with Gasteiger partial charge in [-0.05, 0) is 51.2 Å². The number of piperidine rings is 1. The Hall–Kier alpha value is -0.120. The minimum absolute atomic E-state index is 0.789. The van der Waals surface area contributed by atoms with Gasteiger partial charge in [-0.25, -0.2) is 0 Å². The van der Waals surface area contributed by atoms with E-state index in [2.05, 4.69) is 17.3 Å². The lowest BCUT2D eigenvalue weighted by Gasteiger charge is -2.28. The first-order valence-corrected chi connectivity index (χ1v) is 6.31. The van der Waals surface area contributed by atoms with Crippen LogP contribution in [0.3, 0.4) is 0 Å². The molecule has 0 aliphatic carbocycles. The van der Waals surface area contributed by atoms with Crippen LogP contribution >= 0.6 is 0 Å². The van der Waals surface area contributed by atoms with Crippen LogP contribution in [0.25, 0.3) is 0 Å². The molecular formula is C12H24N2O. The molecule has 0 amide bonds. The number of nitrogens with one attached hydrogen (secondary N) is 1. The topological polar surface area (TPSA) is 24.5 Å². The lowest BCUT2D eigenvalue weighted by Crippen LogP contribution is -2.36. The van der Waals surface area contributed by atoms with E-state index in [1.54, 1.807) is 0 Å². The van der Waals surface area contributed by atoms with E-state index < -0.39 is 0 Å². The highest BCUT2D eigenvalue weighted by atomic mass is 16.5. The fraction of sp³-hybridized carbons (Fsp3) is 1.00. The van der Waals surface area contributed by atoms with E-state index >= 15 is 0 Å². The highest BCUT2D eigenvalue weighted by Crippen LogP contribution is 2.16. The van der Waals surface area contributed by atoms with Gasteiger partial charge in [-0.1, -0.05) is 0 Å². The average Bonchev–Trinajstić information content (AvgIpc) is 2.71. The largest absolute Gasteiger partial charge is 0.381 e. The molecular weight excluding hydrogens is 188 g/mol. The van der Waals surface area contributed by atoms with Gasteiger partial charge in [-0.3, -0.25) is 0 Å². The van der Waals surface area contributed by atoms with Gasteiger partial charge >= 0.3 is 0 Å². The lowest BCUT2D eigenvalue weighted by atomic mass is 9.97. The molecule has 0 aromatic rings. The maximum Gasteiger partial charge on any atom is 0.0507 e.